The van der Waals surface area contributed by atoms with E-state index in [1.807, 2.05) is 13.8 Å². The first-order valence-corrected chi connectivity index (χ1v) is 5.88. The molecule has 0 aliphatic carbocycles. The van der Waals surface area contributed by atoms with E-state index in [1.165, 1.54) is 6.07 Å². The van der Waals surface area contributed by atoms with Crippen molar-refractivity contribution in [3.05, 3.63) is 29.0 Å². The first kappa shape index (κ1) is 13.3. The fourth-order valence-corrected chi connectivity index (χ4v) is 1.50. The third-order valence-corrected chi connectivity index (χ3v) is 2.58. The molecule has 4 heteroatoms. The van der Waals surface area contributed by atoms with Crippen LogP contribution in [-0.4, -0.2) is 19.2 Å². The molecule has 0 aliphatic heterocycles. The van der Waals surface area contributed by atoms with Crippen LogP contribution in [0, 0.1) is 5.82 Å². The molecule has 0 heterocycles. The van der Waals surface area contributed by atoms with Crippen LogP contribution in [0.3, 0.4) is 0 Å². The van der Waals surface area contributed by atoms with Crippen molar-refractivity contribution >= 4 is 11.6 Å². The van der Waals surface area contributed by atoms with Gasteiger partial charge < -0.3 is 10.1 Å². The molecule has 1 aromatic rings. The van der Waals surface area contributed by atoms with Gasteiger partial charge in [-0.2, -0.15) is 0 Å². The molecule has 0 radical (unpaired) electrons. The van der Waals surface area contributed by atoms with E-state index in [2.05, 4.69) is 5.32 Å². The Morgan fingerprint density at radius 2 is 2.19 bits per heavy atom. The van der Waals surface area contributed by atoms with Crippen LogP contribution in [0.2, 0.25) is 5.02 Å². The van der Waals surface area contributed by atoms with E-state index in [1.54, 1.807) is 12.1 Å². The molecular weight excluding hydrogens is 229 g/mol. The summed E-state index contributed by atoms with van der Waals surface area (Å²) in [6.45, 7) is 5.61. The molecule has 0 fully saturated rings. The summed E-state index contributed by atoms with van der Waals surface area (Å²) in [6, 6.07) is 4.78. The molecule has 0 spiro atoms. The van der Waals surface area contributed by atoms with Crippen LogP contribution in [0.15, 0.2) is 18.2 Å². The summed E-state index contributed by atoms with van der Waals surface area (Å²) in [5.74, 6) is -0.267. The number of likely N-dealkylation sites (N-methyl/N-ethyl adjacent to an activating group) is 1. The summed E-state index contributed by atoms with van der Waals surface area (Å²) in [6.07, 6.45) is 0.784. The smallest absolute Gasteiger partial charge is 0.183 e. The molecule has 1 aromatic carbocycles. The van der Waals surface area contributed by atoms with Crippen LogP contribution >= 0.6 is 11.6 Å². The third kappa shape index (κ3) is 3.65. The van der Waals surface area contributed by atoms with E-state index in [0.717, 1.165) is 13.0 Å². The molecule has 90 valence electrons. The monoisotopic (exact) mass is 245 g/mol. The minimum Gasteiger partial charge on any atom is -0.486 e. The van der Waals surface area contributed by atoms with E-state index in [0.29, 0.717) is 6.54 Å². The Hall–Kier alpha value is -0.800. The Morgan fingerprint density at radius 1 is 1.44 bits per heavy atom. The molecule has 0 amide bonds. The summed E-state index contributed by atoms with van der Waals surface area (Å²) < 4.78 is 19.1. The van der Waals surface area contributed by atoms with Crippen LogP contribution < -0.4 is 10.1 Å². The number of ether oxygens (including phenoxy) is 1. The van der Waals surface area contributed by atoms with Crippen LogP contribution in [0.25, 0.3) is 0 Å². The van der Waals surface area contributed by atoms with Gasteiger partial charge in [0.05, 0.1) is 5.02 Å². The summed E-state index contributed by atoms with van der Waals surface area (Å²) >= 11 is 5.67. The van der Waals surface area contributed by atoms with Gasteiger partial charge in [-0.15, -0.1) is 0 Å². The van der Waals surface area contributed by atoms with Gasteiger partial charge in [0.1, 0.15) is 6.10 Å². The fraction of sp³-hybridized carbons (Fsp3) is 0.500. The third-order valence-electron chi connectivity index (χ3n) is 2.29. The lowest BCUT2D eigenvalue weighted by Gasteiger charge is -2.18. The van der Waals surface area contributed by atoms with Crippen molar-refractivity contribution in [1.29, 1.82) is 0 Å². The Balaban J connectivity index is 2.66. The van der Waals surface area contributed by atoms with E-state index >= 15 is 0 Å². The number of halogens is 2. The quantitative estimate of drug-likeness (QED) is 0.831. The van der Waals surface area contributed by atoms with Gasteiger partial charge >= 0.3 is 0 Å². The van der Waals surface area contributed by atoms with Crippen LogP contribution in [0.1, 0.15) is 20.3 Å². The molecule has 2 nitrogen and oxygen atoms in total. The van der Waals surface area contributed by atoms with E-state index in [-0.39, 0.29) is 16.9 Å². The maximum Gasteiger partial charge on any atom is 0.183 e. The normalized spacial score (nSPS) is 12.5. The Labute approximate surface area is 101 Å². The number of benzene rings is 1. The van der Waals surface area contributed by atoms with Crippen LogP contribution in [0.5, 0.6) is 5.75 Å². The molecular formula is C12H17ClFNO. The average Bonchev–Trinajstić information content (AvgIpc) is 2.30. The molecule has 0 aromatic heterocycles. The second-order valence-electron chi connectivity index (χ2n) is 3.51. The highest BCUT2D eigenvalue weighted by Crippen LogP contribution is 2.25. The van der Waals surface area contributed by atoms with Crippen molar-refractivity contribution in [1.82, 2.24) is 5.32 Å². The summed E-state index contributed by atoms with van der Waals surface area (Å²) in [7, 11) is 0. The Kier molecular flexibility index (Phi) is 5.56. The van der Waals surface area contributed by atoms with Gasteiger partial charge in [-0.1, -0.05) is 31.5 Å². The molecule has 0 bridgehead atoms. The predicted octanol–water partition coefficient (Wildman–Crippen LogP) is 3.25. The molecule has 0 saturated carbocycles. The van der Waals surface area contributed by atoms with Gasteiger partial charge in [-0.05, 0) is 25.1 Å². The second-order valence-corrected chi connectivity index (χ2v) is 3.91. The van der Waals surface area contributed by atoms with Gasteiger partial charge in [-0.3, -0.25) is 0 Å². The minimum atomic E-state index is -0.487. The number of hydrogen-bond acceptors (Lipinski definition) is 2. The van der Waals surface area contributed by atoms with E-state index in [9.17, 15) is 4.39 Å². The van der Waals surface area contributed by atoms with Gasteiger partial charge in [-0.25, -0.2) is 4.39 Å². The molecule has 1 N–H and O–H groups in total. The fourth-order valence-electron chi connectivity index (χ4n) is 1.33. The van der Waals surface area contributed by atoms with Gasteiger partial charge in [0.15, 0.2) is 11.6 Å². The lowest BCUT2D eigenvalue weighted by Crippen LogP contribution is -2.30. The van der Waals surface area contributed by atoms with Crippen LogP contribution in [-0.2, 0) is 0 Å². The number of hydrogen-bond donors (Lipinski definition) is 1. The van der Waals surface area contributed by atoms with Crippen LogP contribution in [0.4, 0.5) is 4.39 Å². The summed E-state index contributed by atoms with van der Waals surface area (Å²) in [5.41, 5.74) is 0. The van der Waals surface area contributed by atoms with Gasteiger partial charge in [0, 0.05) is 6.54 Å². The highest BCUT2D eigenvalue weighted by atomic mass is 35.5. The number of nitrogens with one attached hydrogen (secondary N) is 1. The van der Waals surface area contributed by atoms with Crippen molar-refractivity contribution < 1.29 is 9.13 Å². The Morgan fingerprint density at radius 3 is 2.81 bits per heavy atom. The summed E-state index contributed by atoms with van der Waals surface area (Å²) in [5, 5.41) is 3.27. The topological polar surface area (TPSA) is 21.3 Å². The molecule has 0 saturated heterocycles. The Bertz CT molecular complexity index is 333. The SMILES string of the molecule is CCNCC(CC)Oc1cccc(Cl)c1F. The zero-order valence-electron chi connectivity index (χ0n) is 9.59. The molecule has 16 heavy (non-hydrogen) atoms. The molecule has 0 aliphatic rings. The highest BCUT2D eigenvalue weighted by Gasteiger charge is 2.12. The minimum absolute atomic E-state index is 0.0343. The standard InChI is InChI=1S/C12H17ClFNO/c1-3-9(8-15-4-2)16-11-7-5-6-10(13)12(11)14/h5-7,9,15H,3-4,8H2,1-2H3. The van der Waals surface area contributed by atoms with E-state index in [4.69, 9.17) is 16.3 Å². The average molecular weight is 246 g/mol. The van der Waals surface area contributed by atoms with Crippen molar-refractivity contribution in [2.24, 2.45) is 0 Å². The lowest BCUT2D eigenvalue weighted by molar-refractivity contribution is 0.186. The molecule has 1 rings (SSSR count). The maximum absolute atomic E-state index is 13.5. The first-order valence-electron chi connectivity index (χ1n) is 5.50. The maximum atomic E-state index is 13.5. The zero-order valence-corrected chi connectivity index (χ0v) is 10.4. The first-order chi connectivity index (χ1) is 7.69. The van der Waals surface area contributed by atoms with Crippen molar-refractivity contribution in [2.45, 2.75) is 26.4 Å². The zero-order chi connectivity index (χ0) is 12.0. The van der Waals surface area contributed by atoms with Crippen molar-refractivity contribution in [2.75, 3.05) is 13.1 Å². The van der Waals surface area contributed by atoms with Crippen molar-refractivity contribution in [3.8, 4) is 5.75 Å². The van der Waals surface area contributed by atoms with E-state index < -0.39 is 5.82 Å². The number of rotatable bonds is 6. The van der Waals surface area contributed by atoms with Gasteiger partial charge in [0.2, 0.25) is 0 Å². The second kappa shape index (κ2) is 6.71. The van der Waals surface area contributed by atoms with Gasteiger partial charge in [0.25, 0.3) is 0 Å². The largest absolute Gasteiger partial charge is 0.486 e. The van der Waals surface area contributed by atoms with Crippen molar-refractivity contribution in [3.63, 3.8) is 0 Å². The molecule has 1 atom stereocenters. The highest BCUT2D eigenvalue weighted by molar-refractivity contribution is 6.30. The lowest BCUT2D eigenvalue weighted by atomic mass is 10.2. The predicted molar refractivity (Wildman–Crippen MR) is 64.7 cm³/mol. The summed E-state index contributed by atoms with van der Waals surface area (Å²) in [4.78, 5) is 0. The molecule has 1 unspecified atom stereocenters.